The first-order chi connectivity index (χ1) is 12.5. The van der Waals surface area contributed by atoms with Gasteiger partial charge in [0.15, 0.2) is 0 Å². The van der Waals surface area contributed by atoms with Crippen molar-refractivity contribution in [1.82, 2.24) is 15.2 Å². The minimum Gasteiger partial charge on any atom is -0.469 e. The predicted molar refractivity (Wildman–Crippen MR) is 102 cm³/mol. The van der Waals surface area contributed by atoms with Gasteiger partial charge in [-0.15, -0.1) is 11.3 Å². The number of hydrogen-bond donors (Lipinski definition) is 1. The maximum atomic E-state index is 11.8. The molecule has 7 heteroatoms. The third-order valence-corrected chi connectivity index (χ3v) is 4.86. The van der Waals surface area contributed by atoms with Gasteiger partial charge >= 0.3 is 5.97 Å². The van der Waals surface area contributed by atoms with Gasteiger partial charge < -0.3 is 10.1 Å². The van der Waals surface area contributed by atoms with Crippen molar-refractivity contribution in [3.05, 3.63) is 52.0 Å². The number of carbonyl (C=O) groups excluding carboxylic acids is 2. The van der Waals surface area contributed by atoms with Crippen LogP contribution in [-0.4, -0.2) is 42.5 Å². The van der Waals surface area contributed by atoms with Gasteiger partial charge in [0.1, 0.15) is 5.01 Å². The van der Waals surface area contributed by atoms with Gasteiger partial charge in [-0.3, -0.25) is 14.5 Å². The molecule has 1 aromatic carbocycles. The third-order valence-electron chi connectivity index (χ3n) is 3.96. The molecule has 0 radical (unpaired) electrons. The van der Waals surface area contributed by atoms with Gasteiger partial charge in [0, 0.05) is 32.1 Å². The molecule has 1 heterocycles. The SMILES string of the molecule is CNC(=O)Cc1nc(CN(Cc2ccccc2)C[C@@H](C)C(=O)OC)cs1. The van der Waals surface area contributed by atoms with Crippen LogP contribution in [0.15, 0.2) is 35.7 Å². The molecule has 1 aromatic heterocycles. The van der Waals surface area contributed by atoms with Crippen LogP contribution in [0, 0.1) is 5.92 Å². The summed E-state index contributed by atoms with van der Waals surface area (Å²) in [6, 6.07) is 10.1. The molecule has 0 bridgehead atoms. The molecule has 1 N–H and O–H groups in total. The molecule has 2 rings (SSSR count). The van der Waals surface area contributed by atoms with Crippen molar-refractivity contribution in [2.24, 2.45) is 5.92 Å². The second-order valence-electron chi connectivity index (χ2n) is 6.16. The molecule has 2 aromatic rings. The summed E-state index contributed by atoms with van der Waals surface area (Å²) in [5, 5.41) is 5.37. The van der Waals surface area contributed by atoms with E-state index < -0.39 is 0 Å². The van der Waals surface area contributed by atoms with Gasteiger partial charge in [0.2, 0.25) is 5.91 Å². The maximum Gasteiger partial charge on any atom is 0.309 e. The number of benzene rings is 1. The quantitative estimate of drug-likeness (QED) is 0.681. The summed E-state index contributed by atoms with van der Waals surface area (Å²) >= 11 is 1.48. The Hall–Kier alpha value is -2.25. The Morgan fingerprint density at radius 2 is 2.00 bits per heavy atom. The lowest BCUT2D eigenvalue weighted by Gasteiger charge is -2.24. The largest absolute Gasteiger partial charge is 0.469 e. The number of hydrogen-bond acceptors (Lipinski definition) is 6. The van der Waals surface area contributed by atoms with Crippen molar-refractivity contribution in [1.29, 1.82) is 0 Å². The Bertz CT molecular complexity index is 718. The van der Waals surface area contributed by atoms with E-state index in [1.807, 2.05) is 30.5 Å². The zero-order valence-electron chi connectivity index (χ0n) is 15.4. The van der Waals surface area contributed by atoms with E-state index in [4.69, 9.17) is 4.74 Å². The first kappa shape index (κ1) is 20.1. The molecule has 1 amide bonds. The van der Waals surface area contributed by atoms with Crippen molar-refractivity contribution in [3.8, 4) is 0 Å². The van der Waals surface area contributed by atoms with Crippen LogP contribution in [0.4, 0.5) is 0 Å². The topological polar surface area (TPSA) is 71.5 Å². The zero-order chi connectivity index (χ0) is 18.9. The molecule has 0 fully saturated rings. The average Bonchev–Trinajstić information content (AvgIpc) is 3.08. The van der Waals surface area contributed by atoms with E-state index in [2.05, 4.69) is 27.3 Å². The second kappa shape index (κ2) is 10.0. The third kappa shape index (κ3) is 6.24. The van der Waals surface area contributed by atoms with Gasteiger partial charge in [0.05, 0.1) is 25.1 Å². The molecule has 0 spiro atoms. The number of ether oxygens (including phenoxy) is 1. The number of thiazole rings is 1. The Morgan fingerprint density at radius 3 is 2.65 bits per heavy atom. The van der Waals surface area contributed by atoms with Crippen molar-refractivity contribution < 1.29 is 14.3 Å². The van der Waals surface area contributed by atoms with E-state index in [1.54, 1.807) is 7.05 Å². The fourth-order valence-corrected chi connectivity index (χ4v) is 3.43. The van der Waals surface area contributed by atoms with E-state index in [9.17, 15) is 9.59 Å². The molecule has 140 valence electrons. The molecular weight excluding hydrogens is 350 g/mol. The van der Waals surface area contributed by atoms with Crippen LogP contribution in [0.2, 0.25) is 0 Å². The standard InChI is InChI=1S/C19H25N3O3S/c1-14(19(24)25-3)10-22(11-15-7-5-4-6-8-15)12-16-13-26-18(21-16)9-17(23)20-2/h4-8,13-14H,9-12H2,1-3H3,(H,20,23)/t14-/m1/s1. The lowest BCUT2D eigenvalue weighted by Crippen LogP contribution is -2.32. The van der Waals surface area contributed by atoms with E-state index in [-0.39, 0.29) is 17.8 Å². The lowest BCUT2D eigenvalue weighted by molar-refractivity contribution is -0.145. The first-order valence-corrected chi connectivity index (χ1v) is 9.37. The molecule has 26 heavy (non-hydrogen) atoms. The number of rotatable bonds is 9. The zero-order valence-corrected chi connectivity index (χ0v) is 16.2. The smallest absolute Gasteiger partial charge is 0.309 e. The fraction of sp³-hybridized carbons (Fsp3) is 0.421. The summed E-state index contributed by atoms with van der Waals surface area (Å²) in [6.07, 6.45) is 0.290. The molecule has 0 saturated carbocycles. The highest BCUT2D eigenvalue weighted by atomic mass is 32.1. The van der Waals surface area contributed by atoms with Gasteiger partial charge in [-0.2, -0.15) is 0 Å². The lowest BCUT2D eigenvalue weighted by atomic mass is 10.1. The van der Waals surface area contributed by atoms with Crippen molar-refractivity contribution in [3.63, 3.8) is 0 Å². The highest BCUT2D eigenvalue weighted by Gasteiger charge is 2.19. The summed E-state index contributed by atoms with van der Waals surface area (Å²) in [5.41, 5.74) is 2.08. The van der Waals surface area contributed by atoms with Crippen LogP contribution >= 0.6 is 11.3 Å². The Morgan fingerprint density at radius 1 is 1.27 bits per heavy atom. The average molecular weight is 375 g/mol. The van der Waals surface area contributed by atoms with Crippen LogP contribution in [0.3, 0.4) is 0 Å². The minimum absolute atomic E-state index is 0.0497. The van der Waals surface area contributed by atoms with Crippen LogP contribution in [0.25, 0.3) is 0 Å². The number of esters is 1. The fourth-order valence-electron chi connectivity index (χ4n) is 2.65. The number of amides is 1. The van der Waals surface area contributed by atoms with E-state index in [0.29, 0.717) is 26.1 Å². The number of carbonyl (C=O) groups is 2. The number of aromatic nitrogens is 1. The number of nitrogens with one attached hydrogen (secondary N) is 1. The maximum absolute atomic E-state index is 11.8. The van der Waals surface area contributed by atoms with E-state index in [0.717, 1.165) is 10.7 Å². The molecule has 6 nitrogen and oxygen atoms in total. The monoisotopic (exact) mass is 375 g/mol. The number of likely N-dealkylation sites (N-methyl/N-ethyl adjacent to an activating group) is 1. The highest BCUT2D eigenvalue weighted by molar-refractivity contribution is 7.09. The van der Waals surface area contributed by atoms with Crippen LogP contribution in [-0.2, 0) is 33.8 Å². The molecular formula is C19H25N3O3S. The minimum atomic E-state index is -0.229. The van der Waals surface area contributed by atoms with Crippen LogP contribution < -0.4 is 5.32 Å². The Balaban J connectivity index is 2.07. The van der Waals surface area contributed by atoms with Gasteiger partial charge in [0.25, 0.3) is 0 Å². The van der Waals surface area contributed by atoms with Crippen LogP contribution in [0.1, 0.15) is 23.2 Å². The molecule has 0 saturated heterocycles. The molecule has 0 unspecified atom stereocenters. The summed E-state index contributed by atoms with van der Waals surface area (Å²) < 4.78 is 4.85. The summed E-state index contributed by atoms with van der Waals surface area (Å²) in [7, 11) is 3.03. The van der Waals surface area contributed by atoms with Gasteiger partial charge in [-0.25, -0.2) is 4.98 Å². The molecule has 0 aliphatic carbocycles. The number of nitrogens with zero attached hydrogens (tertiary/aromatic N) is 2. The van der Waals surface area contributed by atoms with Gasteiger partial charge in [-0.1, -0.05) is 37.3 Å². The summed E-state index contributed by atoms with van der Waals surface area (Å²) in [4.78, 5) is 30.0. The normalized spacial score (nSPS) is 12.0. The first-order valence-electron chi connectivity index (χ1n) is 8.49. The van der Waals surface area contributed by atoms with Crippen LogP contribution in [0.5, 0.6) is 0 Å². The molecule has 0 aliphatic rings. The van der Waals surface area contributed by atoms with Crippen molar-refractivity contribution in [2.45, 2.75) is 26.4 Å². The highest BCUT2D eigenvalue weighted by Crippen LogP contribution is 2.16. The second-order valence-corrected chi connectivity index (χ2v) is 7.10. The predicted octanol–water partition coefficient (Wildman–Crippen LogP) is 2.24. The summed E-state index contributed by atoms with van der Waals surface area (Å²) in [6.45, 7) is 3.76. The van der Waals surface area contributed by atoms with Crippen molar-refractivity contribution in [2.75, 3.05) is 20.7 Å². The molecule has 1 atom stereocenters. The number of methoxy groups -OCH3 is 1. The molecule has 0 aliphatic heterocycles. The van der Waals surface area contributed by atoms with E-state index in [1.165, 1.54) is 24.0 Å². The van der Waals surface area contributed by atoms with Gasteiger partial charge in [-0.05, 0) is 5.56 Å². The summed E-state index contributed by atoms with van der Waals surface area (Å²) in [5.74, 6) is -0.499. The Labute approximate surface area is 158 Å². The van der Waals surface area contributed by atoms with Crippen molar-refractivity contribution >= 4 is 23.2 Å². The Kier molecular flexibility index (Phi) is 7.74. The van der Waals surface area contributed by atoms with E-state index >= 15 is 0 Å².